The second-order valence-corrected chi connectivity index (χ2v) is 1.81. The smallest absolute Gasteiger partial charge is 0.0688 e. The van der Waals surface area contributed by atoms with Crippen LogP contribution in [0, 0.1) is 0 Å². The van der Waals surface area contributed by atoms with Gasteiger partial charge in [0.1, 0.15) is 0 Å². The Labute approximate surface area is 43.9 Å². The van der Waals surface area contributed by atoms with E-state index in [4.69, 9.17) is 4.74 Å². The standard InChI is InChI=1S/C5H10NO/c1-5-4-6-2-3-7-5/h5H,2-4H2,1H3. The van der Waals surface area contributed by atoms with Crippen molar-refractivity contribution in [3.63, 3.8) is 0 Å². The van der Waals surface area contributed by atoms with E-state index >= 15 is 0 Å². The van der Waals surface area contributed by atoms with E-state index in [1.54, 1.807) is 0 Å². The third kappa shape index (κ3) is 1.45. The number of ether oxygens (including phenoxy) is 1. The summed E-state index contributed by atoms with van der Waals surface area (Å²) in [5, 5.41) is 4.13. The normalized spacial score (nSPS) is 33.0. The van der Waals surface area contributed by atoms with Crippen LogP contribution in [0.1, 0.15) is 6.92 Å². The van der Waals surface area contributed by atoms with Crippen molar-refractivity contribution in [3.8, 4) is 0 Å². The fraction of sp³-hybridized carbons (Fsp3) is 1.00. The van der Waals surface area contributed by atoms with Gasteiger partial charge in [0.05, 0.1) is 12.7 Å². The highest BCUT2D eigenvalue weighted by Gasteiger charge is 2.06. The molecule has 1 saturated heterocycles. The Morgan fingerprint density at radius 2 is 2.57 bits per heavy atom. The zero-order valence-electron chi connectivity index (χ0n) is 4.55. The minimum absolute atomic E-state index is 0.369. The number of hydrogen-bond donors (Lipinski definition) is 0. The first kappa shape index (κ1) is 5.06. The Hall–Kier alpha value is -0.0800. The summed E-state index contributed by atoms with van der Waals surface area (Å²) in [6, 6.07) is 0. The van der Waals surface area contributed by atoms with E-state index in [1.807, 2.05) is 6.92 Å². The summed E-state index contributed by atoms with van der Waals surface area (Å²) < 4.78 is 5.18. The molecule has 1 atom stereocenters. The SMILES string of the molecule is CC1C[N]CCO1. The minimum Gasteiger partial charge on any atom is -0.376 e. The molecule has 0 aromatic heterocycles. The first-order valence-corrected chi connectivity index (χ1v) is 2.64. The van der Waals surface area contributed by atoms with Gasteiger partial charge in [-0.15, -0.1) is 0 Å². The Morgan fingerprint density at radius 3 is 2.86 bits per heavy atom. The Morgan fingerprint density at radius 1 is 1.71 bits per heavy atom. The van der Waals surface area contributed by atoms with Gasteiger partial charge in [0.15, 0.2) is 0 Å². The average Bonchev–Trinajstić information content (AvgIpc) is 1.69. The lowest BCUT2D eigenvalue weighted by Crippen LogP contribution is -2.31. The van der Waals surface area contributed by atoms with Crippen LogP contribution in [0.5, 0.6) is 0 Å². The third-order valence-electron chi connectivity index (χ3n) is 1.04. The highest BCUT2D eigenvalue weighted by molar-refractivity contribution is 4.59. The van der Waals surface area contributed by atoms with Crippen molar-refractivity contribution in [2.24, 2.45) is 0 Å². The van der Waals surface area contributed by atoms with Gasteiger partial charge in [-0.1, -0.05) is 0 Å². The van der Waals surface area contributed by atoms with Crippen molar-refractivity contribution in [2.75, 3.05) is 19.7 Å². The molecule has 7 heavy (non-hydrogen) atoms. The second kappa shape index (κ2) is 2.28. The largest absolute Gasteiger partial charge is 0.376 e. The highest BCUT2D eigenvalue weighted by atomic mass is 16.5. The zero-order valence-corrected chi connectivity index (χ0v) is 4.55. The first-order valence-electron chi connectivity index (χ1n) is 2.64. The van der Waals surface area contributed by atoms with Gasteiger partial charge in [-0.3, -0.25) is 0 Å². The fourth-order valence-electron chi connectivity index (χ4n) is 0.644. The zero-order chi connectivity index (χ0) is 5.11. The topological polar surface area (TPSA) is 23.3 Å². The van der Waals surface area contributed by atoms with E-state index in [0.717, 1.165) is 19.7 Å². The van der Waals surface area contributed by atoms with E-state index in [9.17, 15) is 0 Å². The van der Waals surface area contributed by atoms with Crippen molar-refractivity contribution in [1.82, 2.24) is 5.32 Å². The Bertz CT molecular complexity index is 50.0. The monoisotopic (exact) mass is 100 g/mol. The molecule has 0 amide bonds. The van der Waals surface area contributed by atoms with Gasteiger partial charge in [-0.05, 0) is 6.92 Å². The lowest BCUT2D eigenvalue weighted by atomic mass is 10.3. The van der Waals surface area contributed by atoms with Crippen LogP contribution in [-0.2, 0) is 4.74 Å². The molecule has 1 aliphatic heterocycles. The molecule has 0 spiro atoms. The average molecular weight is 100 g/mol. The van der Waals surface area contributed by atoms with Crippen molar-refractivity contribution in [1.29, 1.82) is 0 Å². The summed E-state index contributed by atoms with van der Waals surface area (Å²) in [5.74, 6) is 0. The molecule has 1 rings (SSSR count). The summed E-state index contributed by atoms with van der Waals surface area (Å²) in [6.45, 7) is 4.65. The maximum absolute atomic E-state index is 5.18. The Kier molecular flexibility index (Phi) is 1.65. The van der Waals surface area contributed by atoms with Crippen molar-refractivity contribution in [2.45, 2.75) is 13.0 Å². The molecule has 1 heterocycles. The van der Waals surface area contributed by atoms with Crippen LogP contribution >= 0.6 is 0 Å². The van der Waals surface area contributed by atoms with E-state index in [2.05, 4.69) is 5.32 Å². The van der Waals surface area contributed by atoms with Crippen LogP contribution < -0.4 is 5.32 Å². The van der Waals surface area contributed by atoms with Gasteiger partial charge in [-0.25, -0.2) is 5.32 Å². The molecule has 1 aliphatic rings. The molecule has 0 N–H and O–H groups in total. The molecule has 0 aliphatic carbocycles. The maximum atomic E-state index is 5.18. The molecule has 0 aromatic carbocycles. The molecule has 1 unspecified atom stereocenters. The summed E-state index contributed by atoms with van der Waals surface area (Å²) in [6.07, 6.45) is 0.369. The number of hydrogen-bond acceptors (Lipinski definition) is 1. The Balaban J connectivity index is 2.12. The van der Waals surface area contributed by atoms with Gasteiger partial charge in [0.25, 0.3) is 0 Å². The minimum atomic E-state index is 0.369. The number of nitrogens with zero attached hydrogens (tertiary/aromatic N) is 1. The predicted molar refractivity (Wildman–Crippen MR) is 27.3 cm³/mol. The summed E-state index contributed by atoms with van der Waals surface area (Å²) in [5.41, 5.74) is 0. The lowest BCUT2D eigenvalue weighted by Gasteiger charge is -2.17. The predicted octanol–water partition coefficient (Wildman–Crippen LogP) is 0.00950. The molecule has 2 heteroatoms. The van der Waals surface area contributed by atoms with Crippen LogP contribution in [-0.4, -0.2) is 25.8 Å². The van der Waals surface area contributed by atoms with E-state index in [-0.39, 0.29) is 0 Å². The lowest BCUT2D eigenvalue weighted by molar-refractivity contribution is 0.0394. The second-order valence-electron chi connectivity index (χ2n) is 1.81. The number of rotatable bonds is 0. The fourth-order valence-corrected chi connectivity index (χ4v) is 0.644. The summed E-state index contributed by atoms with van der Waals surface area (Å²) >= 11 is 0. The van der Waals surface area contributed by atoms with Gasteiger partial charge in [0, 0.05) is 13.1 Å². The molecule has 0 bridgehead atoms. The van der Waals surface area contributed by atoms with E-state index < -0.39 is 0 Å². The van der Waals surface area contributed by atoms with E-state index in [1.165, 1.54) is 0 Å². The molecule has 0 saturated carbocycles. The molecule has 41 valence electrons. The molecule has 0 aromatic rings. The van der Waals surface area contributed by atoms with Gasteiger partial charge in [-0.2, -0.15) is 0 Å². The number of morpholine rings is 1. The van der Waals surface area contributed by atoms with Crippen LogP contribution in [0.2, 0.25) is 0 Å². The summed E-state index contributed by atoms with van der Waals surface area (Å²) in [7, 11) is 0. The van der Waals surface area contributed by atoms with Crippen LogP contribution in [0.15, 0.2) is 0 Å². The van der Waals surface area contributed by atoms with Gasteiger partial charge in [0.2, 0.25) is 0 Å². The van der Waals surface area contributed by atoms with E-state index in [0.29, 0.717) is 6.10 Å². The van der Waals surface area contributed by atoms with Crippen LogP contribution in [0.3, 0.4) is 0 Å². The highest BCUT2D eigenvalue weighted by Crippen LogP contribution is 1.92. The van der Waals surface area contributed by atoms with Crippen molar-refractivity contribution < 1.29 is 4.74 Å². The first-order chi connectivity index (χ1) is 3.39. The maximum Gasteiger partial charge on any atom is 0.0688 e. The van der Waals surface area contributed by atoms with Gasteiger partial charge < -0.3 is 4.74 Å². The third-order valence-corrected chi connectivity index (χ3v) is 1.04. The van der Waals surface area contributed by atoms with Crippen molar-refractivity contribution in [3.05, 3.63) is 0 Å². The molecular weight excluding hydrogens is 90.1 g/mol. The van der Waals surface area contributed by atoms with Crippen molar-refractivity contribution >= 4 is 0 Å². The summed E-state index contributed by atoms with van der Waals surface area (Å²) in [4.78, 5) is 0. The quantitative estimate of drug-likeness (QED) is 0.420. The molecule has 1 radical (unpaired) electrons. The molecular formula is C5H10NO. The molecule has 1 fully saturated rings. The van der Waals surface area contributed by atoms with Crippen LogP contribution in [0.25, 0.3) is 0 Å². The van der Waals surface area contributed by atoms with Crippen LogP contribution in [0.4, 0.5) is 0 Å². The van der Waals surface area contributed by atoms with Gasteiger partial charge >= 0.3 is 0 Å². The molecule has 2 nitrogen and oxygen atoms in total.